The molecule has 19 heavy (non-hydrogen) atoms. The first-order chi connectivity index (χ1) is 8.57. The molecule has 1 heterocycles. The van der Waals surface area contributed by atoms with E-state index in [9.17, 15) is 36.9 Å². The lowest BCUT2D eigenvalue weighted by molar-refractivity contribution is -0.390. The van der Waals surface area contributed by atoms with Gasteiger partial charge in [-0.2, -0.15) is 13.2 Å². The van der Waals surface area contributed by atoms with Crippen molar-refractivity contribution in [1.82, 2.24) is 4.98 Å². The summed E-state index contributed by atoms with van der Waals surface area (Å²) in [7, 11) is 0. The number of pyridine rings is 1. The summed E-state index contributed by atoms with van der Waals surface area (Å²) in [5.74, 6) is -1.54. The number of primary amides is 1. The van der Waals surface area contributed by atoms with E-state index in [4.69, 9.17) is 0 Å². The minimum atomic E-state index is -5.32. The first-order valence-electron chi connectivity index (χ1n) is 4.39. The number of carbonyl (C=O) groups excluding carboxylic acids is 1. The molecule has 0 radical (unpaired) electrons. The highest BCUT2D eigenvalue weighted by Crippen LogP contribution is 2.40. The van der Waals surface area contributed by atoms with E-state index >= 15 is 0 Å². The first-order valence-corrected chi connectivity index (χ1v) is 4.39. The third-order valence-electron chi connectivity index (χ3n) is 2.03. The van der Waals surface area contributed by atoms with Gasteiger partial charge in [0.25, 0.3) is 12.3 Å². The van der Waals surface area contributed by atoms with E-state index in [1.165, 1.54) is 0 Å². The van der Waals surface area contributed by atoms with E-state index in [0.717, 1.165) is 0 Å². The van der Waals surface area contributed by atoms with Crippen molar-refractivity contribution in [2.24, 2.45) is 5.73 Å². The number of hydrogen-bond donors (Lipinski definition) is 1. The van der Waals surface area contributed by atoms with Crippen molar-refractivity contribution in [1.29, 1.82) is 0 Å². The van der Waals surface area contributed by atoms with Crippen LogP contribution in [0.1, 0.15) is 28.0 Å². The normalized spacial score (nSPS) is 11.7. The number of nitrogens with zero attached hydrogens (tertiary/aromatic N) is 2. The Hall–Kier alpha value is -2.33. The fourth-order valence-corrected chi connectivity index (χ4v) is 1.32. The van der Waals surface area contributed by atoms with Gasteiger partial charge < -0.3 is 5.73 Å². The van der Waals surface area contributed by atoms with Crippen LogP contribution >= 0.6 is 0 Å². The fourth-order valence-electron chi connectivity index (χ4n) is 1.32. The summed E-state index contributed by atoms with van der Waals surface area (Å²) < 4.78 is 62.7. The molecule has 2 N–H and O–H groups in total. The SMILES string of the molecule is NC(=O)c1cnc(C(F)(F)F)c([N+](=O)[O-])c1C(F)F. The molecule has 6 nitrogen and oxygen atoms in total. The molecule has 0 unspecified atom stereocenters. The molecule has 1 aromatic heterocycles. The number of nitrogens with two attached hydrogens (primary N) is 1. The molecule has 0 atom stereocenters. The summed E-state index contributed by atoms with van der Waals surface area (Å²) in [6, 6.07) is 0. The number of amides is 1. The van der Waals surface area contributed by atoms with Crippen LogP contribution in [0.15, 0.2) is 6.20 Å². The van der Waals surface area contributed by atoms with Gasteiger partial charge in [-0.15, -0.1) is 0 Å². The van der Waals surface area contributed by atoms with Gasteiger partial charge >= 0.3 is 11.9 Å². The van der Waals surface area contributed by atoms with E-state index in [1.54, 1.807) is 0 Å². The molecule has 0 aliphatic heterocycles. The maximum absolute atomic E-state index is 12.7. The molecule has 1 rings (SSSR count). The summed E-state index contributed by atoms with van der Waals surface area (Å²) in [4.78, 5) is 22.3. The molecule has 11 heteroatoms. The number of aromatic nitrogens is 1. The van der Waals surface area contributed by atoms with Crippen molar-refractivity contribution in [2.45, 2.75) is 12.6 Å². The summed E-state index contributed by atoms with van der Waals surface area (Å²) in [6.45, 7) is 0. The van der Waals surface area contributed by atoms with Gasteiger partial charge in [-0.3, -0.25) is 14.9 Å². The van der Waals surface area contributed by atoms with Crippen LogP contribution < -0.4 is 5.73 Å². The van der Waals surface area contributed by atoms with Crippen molar-refractivity contribution in [3.63, 3.8) is 0 Å². The second-order valence-corrected chi connectivity index (χ2v) is 3.20. The lowest BCUT2D eigenvalue weighted by atomic mass is 10.1. The fraction of sp³-hybridized carbons (Fsp3) is 0.250. The lowest BCUT2D eigenvalue weighted by Crippen LogP contribution is -2.20. The molecular formula is C8H4F5N3O3. The Morgan fingerprint density at radius 1 is 1.42 bits per heavy atom. The van der Waals surface area contributed by atoms with Gasteiger partial charge in [0, 0.05) is 6.20 Å². The van der Waals surface area contributed by atoms with E-state index in [2.05, 4.69) is 10.7 Å². The second-order valence-electron chi connectivity index (χ2n) is 3.20. The molecule has 0 aromatic carbocycles. The maximum atomic E-state index is 12.7. The summed E-state index contributed by atoms with van der Waals surface area (Å²) in [5.41, 5.74) is -2.25. The Morgan fingerprint density at radius 3 is 2.26 bits per heavy atom. The van der Waals surface area contributed by atoms with E-state index in [1.807, 2.05) is 0 Å². The highest BCUT2D eigenvalue weighted by atomic mass is 19.4. The summed E-state index contributed by atoms with van der Waals surface area (Å²) in [5, 5.41) is 10.5. The average molecular weight is 285 g/mol. The Labute approximate surface area is 101 Å². The van der Waals surface area contributed by atoms with Gasteiger partial charge in [-0.05, 0) is 0 Å². The predicted octanol–water partition coefficient (Wildman–Crippen LogP) is 2.05. The molecular weight excluding hydrogens is 281 g/mol. The molecule has 0 spiro atoms. The van der Waals surface area contributed by atoms with Crippen LogP contribution in [-0.4, -0.2) is 15.8 Å². The predicted molar refractivity (Wildman–Crippen MR) is 49.4 cm³/mol. The van der Waals surface area contributed by atoms with Crippen LogP contribution in [0.5, 0.6) is 0 Å². The third kappa shape index (κ3) is 2.74. The molecule has 0 saturated carbocycles. The molecule has 0 fully saturated rings. The van der Waals surface area contributed by atoms with Gasteiger partial charge in [0.05, 0.1) is 10.5 Å². The monoisotopic (exact) mass is 285 g/mol. The molecule has 0 aliphatic rings. The largest absolute Gasteiger partial charge is 0.440 e. The van der Waals surface area contributed by atoms with E-state index in [-0.39, 0.29) is 6.20 Å². The van der Waals surface area contributed by atoms with Gasteiger partial charge in [0.15, 0.2) is 0 Å². The summed E-state index contributed by atoms with van der Waals surface area (Å²) >= 11 is 0. The zero-order valence-corrected chi connectivity index (χ0v) is 8.74. The lowest BCUT2D eigenvalue weighted by Gasteiger charge is -2.11. The quantitative estimate of drug-likeness (QED) is 0.521. The zero-order chi connectivity index (χ0) is 15.0. The Balaban J connectivity index is 3.79. The van der Waals surface area contributed by atoms with Crippen molar-refractivity contribution in [2.75, 3.05) is 0 Å². The van der Waals surface area contributed by atoms with Crippen molar-refractivity contribution >= 4 is 11.6 Å². The number of nitro groups is 1. The van der Waals surface area contributed by atoms with Crippen molar-refractivity contribution in [3.05, 3.63) is 33.1 Å². The second kappa shape index (κ2) is 4.74. The van der Waals surface area contributed by atoms with E-state index in [0.29, 0.717) is 0 Å². The summed E-state index contributed by atoms with van der Waals surface area (Å²) in [6.07, 6.45) is -8.87. The molecule has 1 aromatic rings. The number of alkyl halides is 5. The molecule has 0 aliphatic carbocycles. The van der Waals surface area contributed by atoms with Crippen LogP contribution in [0.3, 0.4) is 0 Å². The first kappa shape index (κ1) is 14.7. The van der Waals surface area contributed by atoms with Crippen LogP contribution in [0.2, 0.25) is 0 Å². The van der Waals surface area contributed by atoms with Crippen LogP contribution in [0, 0.1) is 10.1 Å². The van der Waals surface area contributed by atoms with E-state index < -0.39 is 45.9 Å². The minimum absolute atomic E-state index is 0.139. The molecule has 104 valence electrons. The van der Waals surface area contributed by atoms with Gasteiger partial charge in [0.1, 0.15) is 5.56 Å². The number of carbonyl (C=O) groups is 1. The van der Waals surface area contributed by atoms with Crippen molar-refractivity contribution in [3.8, 4) is 0 Å². The average Bonchev–Trinajstić information content (AvgIpc) is 2.25. The Morgan fingerprint density at radius 2 is 1.95 bits per heavy atom. The maximum Gasteiger partial charge on any atom is 0.440 e. The van der Waals surface area contributed by atoms with Gasteiger partial charge in [-0.25, -0.2) is 13.8 Å². The number of halogens is 5. The number of hydrogen-bond acceptors (Lipinski definition) is 4. The molecule has 0 bridgehead atoms. The number of rotatable bonds is 3. The van der Waals surface area contributed by atoms with Gasteiger partial charge in [-0.1, -0.05) is 0 Å². The van der Waals surface area contributed by atoms with Crippen LogP contribution in [0.4, 0.5) is 27.6 Å². The zero-order valence-electron chi connectivity index (χ0n) is 8.74. The standard InChI is InChI=1S/C8H4F5N3O3/c9-6(10)3-2(7(14)17)1-15-5(8(11,12)13)4(3)16(18)19/h1,6H,(H2,14,17). The molecule has 0 saturated heterocycles. The Kier molecular flexibility index (Phi) is 3.68. The van der Waals surface area contributed by atoms with Crippen LogP contribution in [-0.2, 0) is 6.18 Å². The van der Waals surface area contributed by atoms with Gasteiger partial charge in [0.2, 0.25) is 5.69 Å². The van der Waals surface area contributed by atoms with Crippen LogP contribution in [0.25, 0.3) is 0 Å². The topological polar surface area (TPSA) is 99.1 Å². The Bertz CT molecular complexity index is 543. The third-order valence-corrected chi connectivity index (χ3v) is 2.03. The molecule has 1 amide bonds. The van der Waals surface area contributed by atoms with Crippen molar-refractivity contribution < 1.29 is 31.7 Å². The highest BCUT2D eigenvalue weighted by molar-refractivity contribution is 5.95. The smallest absolute Gasteiger partial charge is 0.366 e. The highest BCUT2D eigenvalue weighted by Gasteiger charge is 2.44. The minimum Gasteiger partial charge on any atom is -0.366 e.